The number of rotatable bonds is 9. The van der Waals surface area contributed by atoms with Crippen LogP contribution >= 0.6 is 0 Å². The third kappa shape index (κ3) is 5.86. The molecular formula is C10H17N3O4. The van der Waals surface area contributed by atoms with Crippen LogP contribution in [0.1, 0.15) is 13.3 Å². The molecule has 0 aliphatic heterocycles. The molecule has 1 unspecified atom stereocenters. The van der Waals surface area contributed by atoms with Crippen LogP contribution in [0.25, 0.3) is 0 Å². The van der Waals surface area contributed by atoms with E-state index >= 15 is 0 Å². The number of amides is 1. The molecule has 7 heteroatoms. The second kappa shape index (κ2) is 8.51. The number of allylic oxidation sites excluding steroid dienone is 1. The van der Waals surface area contributed by atoms with Crippen molar-refractivity contribution in [3.05, 3.63) is 22.1 Å². The van der Waals surface area contributed by atoms with E-state index in [-0.39, 0.29) is 19.6 Å². The van der Waals surface area contributed by atoms with Gasteiger partial charge in [-0.3, -0.25) is 4.79 Å². The normalized spacial score (nSPS) is 11.6. The highest BCUT2D eigenvalue weighted by molar-refractivity contribution is 5.79. The van der Waals surface area contributed by atoms with Gasteiger partial charge in [0.05, 0.1) is 13.2 Å². The first-order chi connectivity index (χ1) is 8.06. The van der Waals surface area contributed by atoms with E-state index in [1.807, 2.05) is 0 Å². The molecule has 0 fully saturated rings. The molecule has 1 N–H and O–H groups in total. The van der Waals surface area contributed by atoms with Gasteiger partial charge in [-0.1, -0.05) is 18.7 Å². The Hall–Kier alpha value is -1.63. The molecule has 0 heterocycles. The van der Waals surface area contributed by atoms with Crippen molar-refractivity contribution in [1.29, 1.82) is 0 Å². The summed E-state index contributed by atoms with van der Waals surface area (Å²) in [5, 5.41) is 13.9. The van der Waals surface area contributed by atoms with Gasteiger partial charge in [0.1, 0.15) is 0 Å². The van der Waals surface area contributed by atoms with Crippen molar-refractivity contribution in [3.8, 4) is 0 Å². The predicted octanol–water partition coefficient (Wildman–Crippen LogP) is 0.880. The smallest absolute Gasteiger partial charge is 0.289 e. The first-order valence-electron chi connectivity index (χ1n) is 5.26. The first-order valence-corrected chi connectivity index (χ1v) is 5.26. The van der Waals surface area contributed by atoms with E-state index in [0.29, 0.717) is 18.8 Å². The summed E-state index contributed by atoms with van der Waals surface area (Å²) in [6.45, 7) is 5.96. The molecule has 0 saturated carbocycles. The van der Waals surface area contributed by atoms with E-state index in [0.717, 1.165) is 0 Å². The topological polar surface area (TPSA) is 99.4 Å². The van der Waals surface area contributed by atoms with Gasteiger partial charge in [-0.2, -0.15) is 4.91 Å². The predicted molar refractivity (Wildman–Crippen MR) is 63.0 cm³/mol. The zero-order chi connectivity index (χ0) is 13.3. The average Bonchev–Trinajstić information content (AvgIpc) is 2.32. The van der Waals surface area contributed by atoms with Crippen molar-refractivity contribution in [2.45, 2.75) is 13.3 Å². The monoisotopic (exact) mass is 243 g/mol. The van der Waals surface area contributed by atoms with Gasteiger partial charge in [0.25, 0.3) is 5.91 Å². The molecule has 0 aromatic rings. The van der Waals surface area contributed by atoms with E-state index in [1.165, 1.54) is 0 Å². The van der Waals surface area contributed by atoms with Crippen LogP contribution in [0.2, 0.25) is 0 Å². The Bertz CT molecular complexity index is 293. The number of hydrogen-bond acceptors (Lipinski definition) is 6. The Labute approximate surface area is 99.4 Å². The highest BCUT2D eigenvalue weighted by Gasteiger charge is 2.17. The number of nitrogens with zero attached hydrogens (tertiary/aromatic N) is 3. The summed E-state index contributed by atoms with van der Waals surface area (Å²) < 4.78 is 0. The first kappa shape index (κ1) is 15.4. The third-order valence-corrected chi connectivity index (χ3v) is 2.33. The Morgan fingerprint density at radius 1 is 1.41 bits per heavy atom. The molecule has 0 aliphatic rings. The molecule has 0 aromatic heterocycles. The van der Waals surface area contributed by atoms with Crippen LogP contribution in [0.3, 0.4) is 0 Å². The van der Waals surface area contributed by atoms with Gasteiger partial charge in [0, 0.05) is 29.9 Å². The van der Waals surface area contributed by atoms with Crippen molar-refractivity contribution in [3.63, 3.8) is 0 Å². The average molecular weight is 243 g/mol. The number of hydrogen-bond donors (Lipinski definition) is 1. The molecule has 7 nitrogen and oxygen atoms in total. The summed E-state index contributed by atoms with van der Waals surface area (Å²) in [6, 6.07) is 0. The van der Waals surface area contributed by atoms with Gasteiger partial charge in [0.15, 0.2) is 0 Å². The fourth-order valence-corrected chi connectivity index (χ4v) is 1.37. The van der Waals surface area contributed by atoms with E-state index in [9.17, 15) is 14.6 Å². The fourth-order valence-electron chi connectivity index (χ4n) is 1.37. The van der Waals surface area contributed by atoms with Gasteiger partial charge in [-0.05, 0) is 6.42 Å². The summed E-state index contributed by atoms with van der Waals surface area (Å²) >= 11 is 0. The highest BCUT2D eigenvalue weighted by atomic mass is 16.3. The van der Waals surface area contributed by atoms with Crippen molar-refractivity contribution in [2.75, 3.05) is 26.2 Å². The van der Waals surface area contributed by atoms with Crippen LogP contribution in [0.15, 0.2) is 22.6 Å². The maximum atomic E-state index is 11.0. The summed E-state index contributed by atoms with van der Waals surface area (Å²) in [6.07, 6.45) is 0.267. The van der Waals surface area contributed by atoms with Crippen LogP contribution in [-0.2, 0) is 4.79 Å². The minimum Gasteiger partial charge on any atom is -0.395 e. The molecule has 0 rings (SSSR count). The Balaban J connectivity index is 4.34. The molecule has 96 valence electrons. The molecule has 0 radical (unpaired) electrons. The second-order valence-electron chi connectivity index (χ2n) is 3.66. The minimum atomic E-state index is -0.733. The lowest BCUT2D eigenvalue weighted by Crippen LogP contribution is -2.29. The van der Waals surface area contributed by atoms with Crippen molar-refractivity contribution in [1.82, 2.24) is 4.90 Å². The lowest BCUT2D eigenvalue weighted by Gasteiger charge is -2.25. The molecular weight excluding hydrogens is 226 g/mol. The van der Waals surface area contributed by atoms with Crippen molar-refractivity contribution in [2.24, 2.45) is 16.3 Å². The van der Waals surface area contributed by atoms with Gasteiger partial charge in [-0.25, -0.2) is 0 Å². The zero-order valence-electron chi connectivity index (χ0n) is 9.83. The zero-order valence-corrected chi connectivity index (χ0v) is 9.83. The summed E-state index contributed by atoms with van der Waals surface area (Å²) in [4.78, 5) is 32.7. The molecule has 0 spiro atoms. The second-order valence-corrected chi connectivity index (χ2v) is 3.66. The van der Waals surface area contributed by atoms with Gasteiger partial charge in [-0.15, -0.1) is 4.91 Å². The number of nitroso groups, excluding NO2 is 2. The highest BCUT2D eigenvalue weighted by Crippen LogP contribution is 2.15. The van der Waals surface area contributed by atoms with E-state index < -0.39 is 11.8 Å². The summed E-state index contributed by atoms with van der Waals surface area (Å²) in [7, 11) is 0. The number of aliphatic hydroxyl groups excluding tert-OH is 1. The maximum Gasteiger partial charge on any atom is 0.289 e. The molecule has 0 aliphatic carbocycles. The largest absolute Gasteiger partial charge is 0.395 e. The fraction of sp³-hybridized carbons (Fsp3) is 0.700. The van der Waals surface area contributed by atoms with Crippen LogP contribution in [0.5, 0.6) is 0 Å². The maximum absolute atomic E-state index is 11.0. The Kier molecular flexibility index (Phi) is 7.70. The number of carbonyl (C=O) groups is 1. The molecule has 0 bridgehead atoms. The quantitative estimate of drug-likeness (QED) is 0.606. The van der Waals surface area contributed by atoms with Crippen molar-refractivity contribution < 1.29 is 9.90 Å². The molecule has 1 atom stereocenters. The Morgan fingerprint density at radius 3 is 2.53 bits per heavy atom. The van der Waals surface area contributed by atoms with E-state index in [4.69, 9.17) is 5.11 Å². The lowest BCUT2D eigenvalue weighted by molar-refractivity contribution is -0.121. The number of carbonyl (C=O) groups excluding carboxylic acids is 1. The standard InChI is InChI=1S/C10H17N3O4/c1-8(10(15)12-17)7-9(2)13(5-6-14)4-3-11-16/h8,14H,2-7H2,1H3. The van der Waals surface area contributed by atoms with Gasteiger partial charge < -0.3 is 10.0 Å². The van der Waals surface area contributed by atoms with E-state index in [1.54, 1.807) is 11.8 Å². The van der Waals surface area contributed by atoms with Crippen LogP contribution in [0.4, 0.5) is 0 Å². The van der Waals surface area contributed by atoms with Crippen LogP contribution in [0, 0.1) is 15.7 Å². The molecule has 0 aromatic carbocycles. The lowest BCUT2D eigenvalue weighted by atomic mass is 10.1. The van der Waals surface area contributed by atoms with E-state index in [2.05, 4.69) is 16.9 Å². The SMILES string of the molecule is C=C(CC(C)C(=O)N=O)N(CCO)CCN=O. The number of aliphatic hydroxyl groups is 1. The summed E-state index contributed by atoms with van der Waals surface area (Å²) in [5.41, 5.74) is 0.576. The Morgan fingerprint density at radius 2 is 2.06 bits per heavy atom. The molecule has 0 saturated heterocycles. The molecule has 1 amide bonds. The van der Waals surface area contributed by atoms with Gasteiger partial charge in [0.2, 0.25) is 0 Å². The van der Waals surface area contributed by atoms with Crippen LogP contribution < -0.4 is 0 Å². The minimum absolute atomic E-state index is 0.0767. The molecule has 17 heavy (non-hydrogen) atoms. The van der Waals surface area contributed by atoms with Crippen LogP contribution in [-0.4, -0.2) is 42.2 Å². The van der Waals surface area contributed by atoms with Gasteiger partial charge >= 0.3 is 0 Å². The summed E-state index contributed by atoms with van der Waals surface area (Å²) in [5.74, 6) is -1.28. The third-order valence-electron chi connectivity index (χ3n) is 2.33. The van der Waals surface area contributed by atoms with Crippen molar-refractivity contribution >= 4 is 5.91 Å².